The van der Waals surface area contributed by atoms with Gasteiger partial charge >= 0.3 is 5.97 Å². The molecule has 0 heterocycles. The van der Waals surface area contributed by atoms with E-state index in [-0.39, 0.29) is 24.0 Å². The predicted octanol–water partition coefficient (Wildman–Crippen LogP) is 3.89. The van der Waals surface area contributed by atoms with Gasteiger partial charge in [-0.2, -0.15) is 0 Å². The number of halogens is 1. The van der Waals surface area contributed by atoms with Gasteiger partial charge in [0.15, 0.2) is 0 Å². The quantitative estimate of drug-likeness (QED) is 0.861. The van der Waals surface area contributed by atoms with E-state index < -0.39 is 5.60 Å². The molecule has 0 spiro atoms. The van der Waals surface area contributed by atoms with Gasteiger partial charge in [-0.3, -0.25) is 10.1 Å². The van der Waals surface area contributed by atoms with Gasteiger partial charge in [-0.1, -0.05) is 31.5 Å². The van der Waals surface area contributed by atoms with Gasteiger partial charge in [0, 0.05) is 11.1 Å². The van der Waals surface area contributed by atoms with Crippen molar-refractivity contribution in [3.63, 3.8) is 0 Å². The van der Waals surface area contributed by atoms with Crippen LogP contribution in [0.3, 0.4) is 0 Å². The molecule has 1 aliphatic carbocycles. The second-order valence-corrected chi connectivity index (χ2v) is 7.85. The van der Waals surface area contributed by atoms with Gasteiger partial charge in [0.25, 0.3) is 0 Å². The number of carbonyl (C=O) groups excluding carboxylic acids is 1. The number of carbonyl (C=O) groups is 1. The maximum Gasteiger partial charge on any atom is 0.320 e. The number of hydrogen-bond donors (Lipinski definition) is 1. The van der Waals surface area contributed by atoms with Crippen LogP contribution in [-0.2, 0) is 16.0 Å². The summed E-state index contributed by atoms with van der Waals surface area (Å²) in [5, 5.41) is 4.08. The van der Waals surface area contributed by atoms with Gasteiger partial charge in [-0.15, -0.1) is 0 Å². The van der Waals surface area contributed by atoms with Crippen molar-refractivity contribution in [1.29, 1.82) is 0 Å². The molecule has 1 aromatic rings. The predicted molar refractivity (Wildman–Crippen MR) is 85.5 cm³/mol. The molecule has 21 heavy (non-hydrogen) atoms. The van der Waals surface area contributed by atoms with Crippen molar-refractivity contribution >= 4 is 17.6 Å². The van der Waals surface area contributed by atoms with Crippen molar-refractivity contribution in [1.82, 2.24) is 5.32 Å². The van der Waals surface area contributed by atoms with Gasteiger partial charge < -0.3 is 4.74 Å². The van der Waals surface area contributed by atoms with Crippen LogP contribution in [0.25, 0.3) is 0 Å². The van der Waals surface area contributed by atoms with Crippen LogP contribution in [0.2, 0.25) is 5.02 Å². The van der Waals surface area contributed by atoms with E-state index in [1.165, 1.54) is 11.1 Å². The third-order valence-corrected chi connectivity index (χ3v) is 3.95. The lowest BCUT2D eigenvalue weighted by molar-refractivity contribution is -0.153. The molecule has 0 aromatic heterocycles. The molecule has 4 heteroatoms. The highest BCUT2D eigenvalue weighted by Crippen LogP contribution is 2.45. The van der Waals surface area contributed by atoms with Crippen LogP contribution in [-0.4, -0.2) is 18.1 Å². The summed E-state index contributed by atoms with van der Waals surface area (Å²) in [6.45, 7) is 10.2. The molecule has 1 aliphatic rings. The lowest BCUT2D eigenvalue weighted by Gasteiger charge is -2.29. The van der Waals surface area contributed by atoms with Crippen LogP contribution < -0.4 is 5.32 Å². The van der Waals surface area contributed by atoms with Crippen molar-refractivity contribution in [2.45, 2.75) is 52.7 Å². The molecule has 0 saturated heterocycles. The lowest BCUT2D eigenvalue weighted by atomic mass is 9.85. The Morgan fingerprint density at radius 1 is 1.43 bits per heavy atom. The van der Waals surface area contributed by atoms with Crippen LogP contribution in [0, 0.1) is 5.41 Å². The van der Waals surface area contributed by atoms with Crippen LogP contribution in [0.15, 0.2) is 18.2 Å². The largest absolute Gasteiger partial charge is 0.459 e. The standard InChI is InChI=1S/C17H24ClNO2/c1-16(2,3)21-14(20)10-19-15-13-8-12(18)7-6-11(13)9-17(15,4)5/h6-8,15,19H,9-10H2,1-5H3. The van der Waals surface area contributed by atoms with Crippen molar-refractivity contribution in [3.05, 3.63) is 34.3 Å². The summed E-state index contributed by atoms with van der Waals surface area (Å²) in [6, 6.07) is 6.11. The Bertz CT molecular complexity index is 546. The lowest BCUT2D eigenvalue weighted by Crippen LogP contribution is -2.37. The topological polar surface area (TPSA) is 38.3 Å². The molecule has 1 N–H and O–H groups in total. The molecule has 2 rings (SSSR count). The average Bonchev–Trinajstić information content (AvgIpc) is 2.54. The fourth-order valence-corrected chi connectivity index (χ4v) is 3.14. The Kier molecular flexibility index (Phi) is 4.36. The van der Waals surface area contributed by atoms with Crippen molar-refractivity contribution in [2.75, 3.05) is 6.54 Å². The Labute approximate surface area is 132 Å². The molecule has 0 bridgehead atoms. The molecule has 1 aromatic carbocycles. The molecule has 0 saturated carbocycles. The van der Waals surface area contributed by atoms with Gasteiger partial charge in [0.05, 0.1) is 6.54 Å². The first kappa shape index (κ1) is 16.3. The fourth-order valence-electron chi connectivity index (χ4n) is 2.96. The maximum atomic E-state index is 11.9. The molecular weight excluding hydrogens is 286 g/mol. The molecule has 116 valence electrons. The Morgan fingerprint density at radius 3 is 2.71 bits per heavy atom. The normalized spacial score (nSPS) is 20.2. The molecule has 0 aliphatic heterocycles. The Balaban J connectivity index is 2.09. The first-order valence-corrected chi connectivity index (χ1v) is 7.70. The molecule has 0 fully saturated rings. The van der Waals surface area contributed by atoms with Gasteiger partial charge in [-0.05, 0) is 55.9 Å². The fraction of sp³-hybridized carbons (Fsp3) is 0.588. The summed E-state index contributed by atoms with van der Waals surface area (Å²) in [7, 11) is 0. The van der Waals surface area contributed by atoms with Gasteiger partial charge in [0.2, 0.25) is 0 Å². The third kappa shape index (κ3) is 3.98. The Hall–Kier alpha value is -1.06. The Morgan fingerprint density at radius 2 is 2.10 bits per heavy atom. The van der Waals surface area contributed by atoms with Crippen molar-refractivity contribution < 1.29 is 9.53 Å². The van der Waals surface area contributed by atoms with E-state index >= 15 is 0 Å². The van der Waals surface area contributed by atoms with Crippen LogP contribution in [0.1, 0.15) is 51.8 Å². The van der Waals surface area contributed by atoms with E-state index in [9.17, 15) is 4.79 Å². The highest BCUT2D eigenvalue weighted by Gasteiger charge is 2.39. The third-order valence-electron chi connectivity index (χ3n) is 3.72. The van der Waals surface area contributed by atoms with E-state index in [0.717, 1.165) is 11.4 Å². The van der Waals surface area contributed by atoms with E-state index in [4.69, 9.17) is 16.3 Å². The number of rotatable bonds is 3. The summed E-state index contributed by atoms with van der Waals surface area (Å²) in [4.78, 5) is 11.9. The number of hydrogen-bond acceptors (Lipinski definition) is 3. The summed E-state index contributed by atoms with van der Waals surface area (Å²) >= 11 is 6.11. The molecule has 0 radical (unpaired) electrons. The molecular formula is C17H24ClNO2. The van der Waals surface area contributed by atoms with Crippen LogP contribution >= 0.6 is 11.6 Å². The molecule has 0 amide bonds. The minimum atomic E-state index is -0.453. The van der Waals surface area contributed by atoms with E-state index in [2.05, 4.69) is 25.2 Å². The monoisotopic (exact) mass is 309 g/mol. The zero-order chi connectivity index (χ0) is 15.8. The molecule has 1 unspecified atom stereocenters. The minimum Gasteiger partial charge on any atom is -0.459 e. The highest BCUT2D eigenvalue weighted by molar-refractivity contribution is 6.30. The number of ether oxygens (including phenoxy) is 1. The SMILES string of the molecule is CC(C)(C)OC(=O)CNC1c2cc(Cl)ccc2CC1(C)C. The summed E-state index contributed by atoms with van der Waals surface area (Å²) < 4.78 is 5.35. The van der Waals surface area contributed by atoms with E-state index in [0.29, 0.717) is 0 Å². The zero-order valence-corrected chi connectivity index (χ0v) is 14.2. The van der Waals surface area contributed by atoms with Gasteiger partial charge in [-0.25, -0.2) is 0 Å². The summed E-state index contributed by atoms with van der Waals surface area (Å²) in [5.41, 5.74) is 2.09. The number of fused-ring (bicyclic) bond motifs is 1. The number of nitrogens with one attached hydrogen (secondary N) is 1. The maximum absolute atomic E-state index is 11.9. The van der Waals surface area contributed by atoms with Crippen LogP contribution in [0.4, 0.5) is 0 Å². The highest BCUT2D eigenvalue weighted by atomic mass is 35.5. The second-order valence-electron chi connectivity index (χ2n) is 7.41. The molecule has 3 nitrogen and oxygen atoms in total. The van der Waals surface area contributed by atoms with Gasteiger partial charge in [0.1, 0.15) is 5.60 Å². The number of esters is 1. The van der Waals surface area contributed by atoms with Crippen molar-refractivity contribution in [3.8, 4) is 0 Å². The second kappa shape index (κ2) is 5.62. The van der Waals surface area contributed by atoms with E-state index in [1.807, 2.05) is 32.9 Å². The van der Waals surface area contributed by atoms with Crippen LogP contribution in [0.5, 0.6) is 0 Å². The molecule has 1 atom stereocenters. The van der Waals surface area contributed by atoms with E-state index in [1.54, 1.807) is 0 Å². The summed E-state index contributed by atoms with van der Waals surface area (Å²) in [6.07, 6.45) is 0.978. The first-order chi connectivity index (χ1) is 9.58. The van der Waals surface area contributed by atoms with Crippen molar-refractivity contribution in [2.24, 2.45) is 5.41 Å². The average molecular weight is 310 g/mol. The summed E-state index contributed by atoms with van der Waals surface area (Å²) in [5.74, 6) is -0.228. The number of benzene rings is 1. The minimum absolute atomic E-state index is 0.0506. The first-order valence-electron chi connectivity index (χ1n) is 7.32. The smallest absolute Gasteiger partial charge is 0.320 e. The zero-order valence-electron chi connectivity index (χ0n) is 13.4.